The number of carbonyl (C=O) groups excluding carboxylic acids is 1. The third-order valence-corrected chi connectivity index (χ3v) is 3.35. The standard InChI is InChI=1S/C16H27NO2/c1-5-6-7-8-10-14-11-9-12-17(13-14)15(18)19-16(2,3)4/h1,14H,6-13H2,2-4H3. The van der Waals surface area contributed by atoms with E-state index in [2.05, 4.69) is 5.92 Å². The summed E-state index contributed by atoms with van der Waals surface area (Å²) in [5, 5.41) is 0. The molecule has 0 aromatic heterocycles. The van der Waals surface area contributed by atoms with Gasteiger partial charge in [-0.2, -0.15) is 0 Å². The average molecular weight is 265 g/mol. The quantitative estimate of drug-likeness (QED) is 0.571. The topological polar surface area (TPSA) is 29.5 Å². The zero-order chi connectivity index (χ0) is 14.3. The minimum atomic E-state index is -0.406. The Kier molecular flexibility index (Phi) is 6.21. The Morgan fingerprint density at radius 2 is 2.16 bits per heavy atom. The van der Waals surface area contributed by atoms with Gasteiger partial charge in [-0.1, -0.05) is 6.42 Å². The van der Waals surface area contributed by atoms with Crippen molar-refractivity contribution in [3.8, 4) is 12.3 Å². The highest BCUT2D eigenvalue weighted by Gasteiger charge is 2.27. The second-order valence-corrected chi connectivity index (χ2v) is 6.38. The monoisotopic (exact) mass is 265 g/mol. The number of hydrogen-bond acceptors (Lipinski definition) is 2. The SMILES string of the molecule is C#CCCCCC1CCCN(C(=O)OC(C)(C)C)C1. The molecule has 1 unspecified atom stereocenters. The minimum absolute atomic E-state index is 0.166. The molecule has 3 nitrogen and oxygen atoms in total. The molecule has 1 aliphatic rings. The van der Waals surface area contributed by atoms with Crippen LogP contribution in [0.5, 0.6) is 0 Å². The molecule has 108 valence electrons. The number of piperidine rings is 1. The molecule has 19 heavy (non-hydrogen) atoms. The second kappa shape index (κ2) is 7.43. The van der Waals surface area contributed by atoms with E-state index in [4.69, 9.17) is 11.2 Å². The maximum absolute atomic E-state index is 12.0. The second-order valence-electron chi connectivity index (χ2n) is 6.38. The number of amides is 1. The van der Waals surface area contributed by atoms with Gasteiger partial charge in [0.2, 0.25) is 0 Å². The summed E-state index contributed by atoms with van der Waals surface area (Å²) in [4.78, 5) is 13.9. The number of ether oxygens (including phenoxy) is 1. The number of hydrogen-bond donors (Lipinski definition) is 0. The molecule has 1 rings (SSSR count). The zero-order valence-corrected chi connectivity index (χ0v) is 12.6. The molecule has 3 heteroatoms. The van der Waals surface area contributed by atoms with Crippen LogP contribution in [-0.4, -0.2) is 29.7 Å². The lowest BCUT2D eigenvalue weighted by molar-refractivity contribution is 0.0160. The molecule has 0 aromatic rings. The first-order chi connectivity index (χ1) is 8.92. The van der Waals surface area contributed by atoms with E-state index in [0.717, 1.165) is 38.8 Å². The maximum atomic E-state index is 12.0. The third-order valence-electron chi connectivity index (χ3n) is 3.35. The van der Waals surface area contributed by atoms with Gasteiger partial charge in [0, 0.05) is 19.5 Å². The van der Waals surface area contributed by atoms with Crippen LogP contribution >= 0.6 is 0 Å². The van der Waals surface area contributed by atoms with Crippen LogP contribution in [0.3, 0.4) is 0 Å². The number of unbranched alkanes of at least 4 members (excludes halogenated alkanes) is 2. The van der Waals surface area contributed by atoms with E-state index >= 15 is 0 Å². The number of rotatable bonds is 4. The fraction of sp³-hybridized carbons (Fsp3) is 0.812. The van der Waals surface area contributed by atoms with Crippen LogP contribution < -0.4 is 0 Å². The van der Waals surface area contributed by atoms with Gasteiger partial charge in [0.15, 0.2) is 0 Å². The van der Waals surface area contributed by atoms with Gasteiger partial charge < -0.3 is 9.64 Å². The van der Waals surface area contributed by atoms with E-state index in [1.165, 1.54) is 12.8 Å². The highest BCUT2D eigenvalue weighted by atomic mass is 16.6. The van der Waals surface area contributed by atoms with Crippen LogP contribution in [-0.2, 0) is 4.74 Å². The number of nitrogens with zero attached hydrogens (tertiary/aromatic N) is 1. The summed E-state index contributed by atoms with van der Waals surface area (Å²) in [6.45, 7) is 7.39. The Balaban J connectivity index is 2.33. The predicted octanol–water partition coefficient (Wildman–Crippen LogP) is 3.83. The molecule has 1 amide bonds. The first-order valence-electron chi connectivity index (χ1n) is 7.34. The molecule has 1 fully saturated rings. The van der Waals surface area contributed by atoms with Crippen molar-refractivity contribution in [3.63, 3.8) is 0 Å². The maximum Gasteiger partial charge on any atom is 0.410 e. The van der Waals surface area contributed by atoms with E-state index in [-0.39, 0.29) is 6.09 Å². The Labute approximate surface area is 117 Å². The lowest BCUT2D eigenvalue weighted by atomic mass is 9.92. The van der Waals surface area contributed by atoms with Crippen LogP contribution in [0.2, 0.25) is 0 Å². The zero-order valence-electron chi connectivity index (χ0n) is 12.6. The van der Waals surface area contributed by atoms with Crippen LogP contribution in [0.25, 0.3) is 0 Å². The fourth-order valence-electron chi connectivity index (χ4n) is 2.45. The van der Waals surface area contributed by atoms with Crippen LogP contribution in [0.15, 0.2) is 0 Å². The molecule has 0 spiro atoms. The van der Waals surface area contributed by atoms with Crippen molar-refractivity contribution in [2.24, 2.45) is 5.92 Å². The molecule has 1 saturated heterocycles. The molecular formula is C16H27NO2. The fourth-order valence-corrected chi connectivity index (χ4v) is 2.45. The lowest BCUT2D eigenvalue weighted by Gasteiger charge is -2.34. The van der Waals surface area contributed by atoms with Gasteiger partial charge in [-0.15, -0.1) is 12.3 Å². The summed E-state index contributed by atoms with van der Waals surface area (Å²) in [6.07, 6.45) is 11.7. The Morgan fingerprint density at radius 1 is 1.42 bits per heavy atom. The van der Waals surface area contributed by atoms with Gasteiger partial charge in [0.25, 0.3) is 0 Å². The average Bonchev–Trinajstić information content (AvgIpc) is 2.33. The van der Waals surface area contributed by atoms with Crippen molar-refractivity contribution in [3.05, 3.63) is 0 Å². The summed E-state index contributed by atoms with van der Waals surface area (Å²) in [5.41, 5.74) is -0.406. The molecule has 1 aliphatic heterocycles. The minimum Gasteiger partial charge on any atom is -0.444 e. The number of carbonyl (C=O) groups is 1. The van der Waals surface area contributed by atoms with Gasteiger partial charge >= 0.3 is 6.09 Å². The Morgan fingerprint density at radius 3 is 2.79 bits per heavy atom. The van der Waals surface area contributed by atoms with E-state index in [1.807, 2.05) is 25.7 Å². The molecule has 1 heterocycles. The first kappa shape index (κ1) is 15.9. The Bertz CT molecular complexity index is 325. The van der Waals surface area contributed by atoms with Gasteiger partial charge in [0.05, 0.1) is 0 Å². The summed E-state index contributed by atoms with van der Waals surface area (Å²) in [7, 11) is 0. The molecule has 0 aromatic carbocycles. The van der Waals surface area contributed by atoms with E-state index in [9.17, 15) is 4.79 Å². The van der Waals surface area contributed by atoms with E-state index in [1.54, 1.807) is 0 Å². The van der Waals surface area contributed by atoms with Crippen molar-refractivity contribution < 1.29 is 9.53 Å². The number of terminal acetylenes is 1. The molecule has 0 aliphatic carbocycles. The van der Waals surface area contributed by atoms with Crippen LogP contribution in [0, 0.1) is 18.3 Å². The normalized spacial score (nSPS) is 19.9. The van der Waals surface area contributed by atoms with Crippen LogP contribution in [0.4, 0.5) is 4.79 Å². The van der Waals surface area contributed by atoms with Crippen molar-refractivity contribution in [2.75, 3.05) is 13.1 Å². The van der Waals surface area contributed by atoms with E-state index in [0.29, 0.717) is 5.92 Å². The summed E-state index contributed by atoms with van der Waals surface area (Å²) >= 11 is 0. The van der Waals surface area contributed by atoms with Gasteiger partial charge in [-0.3, -0.25) is 0 Å². The summed E-state index contributed by atoms with van der Waals surface area (Å²) in [5.74, 6) is 3.28. The van der Waals surface area contributed by atoms with Crippen molar-refractivity contribution >= 4 is 6.09 Å². The lowest BCUT2D eigenvalue weighted by Crippen LogP contribution is -2.42. The first-order valence-corrected chi connectivity index (χ1v) is 7.34. The predicted molar refractivity (Wildman–Crippen MR) is 77.8 cm³/mol. The molecule has 0 radical (unpaired) electrons. The van der Waals surface area contributed by atoms with Crippen molar-refractivity contribution in [1.29, 1.82) is 0 Å². The van der Waals surface area contributed by atoms with E-state index < -0.39 is 5.60 Å². The molecule has 0 bridgehead atoms. The van der Waals surface area contributed by atoms with Gasteiger partial charge in [-0.25, -0.2) is 4.79 Å². The molecule has 0 saturated carbocycles. The number of likely N-dealkylation sites (tertiary alicyclic amines) is 1. The van der Waals surface area contributed by atoms with Crippen LogP contribution in [0.1, 0.15) is 59.3 Å². The Hall–Kier alpha value is -1.17. The molecule has 0 N–H and O–H groups in total. The highest BCUT2D eigenvalue weighted by Crippen LogP contribution is 2.23. The third kappa shape index (κ3) is 6.52. The largest absolute Gasteiger partial charge is 0.444 e. The van der Waals surface area contributed by atoms with Crippen molar-refractivity contribution in [1.82, 2.24) is 4.90 Å². The smallest absolute Gasteiger partial charge is 0.410 e. The van der Waals surface area contributed by atoms with Gasteiger partial charge in [-0.05, 0) is 52.4 Å². The summed E-state index contributed by atoms with van der Waals surface area (Å²) < 4.78 is 5.43. The van der Waals surface area contributed by atoms with Gasteiger partial charge in [0.1, 0.15) is 5.60 Å². The summed E-state index contributed by atoms with van der Waals surface area (Å²) in [6, 6.07) is 0. The molecule has 1 atom stereocenters. The molecular weight excluding hydrogens is 238 g/mol. The van der Waals surface area contributed by atoms with Crippen molar-refractivity contribution in [2.45, 2.75) is 64.9 Å². The highest BCUT2D eigenvalue weighted by molar-refractivity contribution is 5.68.